The van der Waals surface area contributed by atoms with E-state index in [0.717, 1.165) is 13.0 Å². The SMILES string of the molecule is CNCCc1csc(-c2ccc(C)cc2)c1. The van der Waals surface area contributed by atoms with E-state index >= 15 is 0 Å². The highest BCUT2D eigenvalue weighted by molar-refractivity contribution is 7.13. The first-order valence-corrected chi connectivity index (χ1v) is 6.46. The predicted molar refractivity (Wildman–Crippen MR) is 72.1 cm³/mol. The molecule has 0 radical (unpaired) electrons. The van der Waals surface area contributed by atoms with Crippen molar-refractivity contribution in [3.8, 4) is 10.4 Å². The monoisotopic (exact) mass is 231 g/mol. The molecule has 0 spiro atoms. The molecule has 0 atom stereocenters. The summed E-state index contributed by atoms with van der Waals surface area (Å²) < 4.78 is 0. The summed E-state index contributed by atoms with van der Waals surface area (Å²) in [4.78, 5) is 1.37. The number of thiophene rings is 1. The Hall–Kier alpha value is -1.12. The highest BCUT2D eigenvalue weighted by Gasteiger charge is 2.01. The molecule has 0 unspecified atom stereocenters. The summed E-state index contributed by atoms with van der Waals surface area (Å²) in [7, 11) is 1.99. The van der Waals surface area contributed by atoms with Crippen LogP contribution in [0.4, 0.5) is 0 Å². The lowest BCUT2D eigenvalue weighted by Gasteiger charge is -1.98. The maximum absolute atomic E-state index is 3.18. The summed E-state index contributed by atoms with van der Waals surface area (Å²) in [6.45, 7) is 3.17. The van der Waals surface area contributed by atoms with Gasteiger partial charge in [-0.3, -0.25) is 0 Å². The Labute approximate surface area is 101 Å². The van der Waals surface area contributed by atoms with Gasteiger partial charge in [0.25, 0.3) is 0 Å². The number of hydrogen-bond donors (Lipinski definition) is 1. The number of likely N-dealkylation sites (N-methyl/N-ethyl adjacent to an activating group) is 1. The van der Waals surface area contributed by atoms with Gasteiger partial charge < -0.3 is 5.32 Å². The molecule has 1 N–H and O–H groups in total. The van der Waals surface area contributed by atoms with Crippen molar-refractivity contribution >= 4 is 11.3 Å². The molecule has 2 rings (SSSR count). The molecule has 0 fully saturated rings. The molecule has 2 aromatic rings. The Morgan fingerprint density at radius 1 is 1.19 bits per heavy atom. The van der Waals surface area contributed by atoms with Gasteiger partial charge in [0.05, 0.1) is 0 Å². The first-order chi connectivity index (χ1) is 7.79. The van der Waals surface area contributed by atoms with Crippen LogP contribution < -0.4 is 5.32 Å². The summed E-state index contributed by atoms with van der Waals surface area (Å²) in [6.07, 6.45) is 1.11. The smallest absolute Gasteiger partial charge is 0.0345 e. The van der Waals surface area contributed by atoms with Gasteiger partial charge in [0.2, 0.25) is 0 Å². The predicted octanol–water partition coefficient (Wildman–Crippen LogP) is 3.49. The maximum Gasteiger partial charge on any atom is 0.0345 e. The van der Waals surface area contributed by atoms with Gasteiger partial charge >= 0.3 is 0 Å². The van der Waals surface area contributed by atoms with Crippen molar-refractivity contribution in [2.75, 3.05) is 13.6 Å². The van der Waals surface area contributed by atoms with Gasteiger partial charge in [0.1, 0.15) is 0 Å². The van der Waals surface area contributed by atoms with Crippen molar-refractivity contribution in [1.29, 1.82) is 0 Å². The van der Waals surface area contributed by atoms with Crippen LogP contribution >= 0.6 is 11.3 Å². The molecule has 0 aliphatic heterocycles. The molecule has 0 saturated heterocycles. The minimum Gasteiger partial charge on any atom is -0.319 e. The minimum absolute atomic E-state index is 1.05. The second-order valence-corrected chi connectivity index (χ2v) is 4.95. The third-order valence-corrected chi connectivity index (χ3v) is 3.68. The molecule has 0 aliphatic rings. The number of nitrogens with one attached hydrogen (secondary N) is 1. The fourth-order valence-electron chi connectivity index (χ4n) is 1.65. The average Bonchev–Trinajstić information content (AvgIpc) is 2.76. The number of rotatable bonds is 4. The van der Waals surface area contributed by atoms with Crippen molar-refractivity contribution in [1.82, 2.24) is 5.32 Å². The molecule has 0 aliphatic carbocycles. The second-order valence-electron chi connectivity index (χ2n) is 4.04. The third-order valence-electron chi connectivity index (χ3n) is 2.65. The Morgan fingerprint density at radius 2 is 1.94 bits per heavy atom. The zero-order valence-electron chi connectivity index (χ0n) is 9.79. The highest BCUT2D eigenvalue weighted by Crippen LogP contribution is 2.27. The fourth-order valence-corrected chi connectivity index (χ4v) is 2.60. The summed E-state index contributed by atoms with van der Waals surface area (Å²) in [6, 6.07) is 11.0. The van der Waals surface area contributed by atoms with Gasteiger partial charge in [-0.05, 0) is 49.5 Å². The zero-order valence-corrected chi connectivity index (χ0v) is 10.6. The molecule has 84 valence electrons. The fraction of sp³-hybridized carbons (Fsp3) is 0.286. The van der Waals surface area contributed by atoms with Crippen LogP contribution in [0.5, 0.6) is 0 Å². The van der Waals surface area contributed by atoms with E-state index in [4.69, 9.17) is 0 Å². The number of hydrogen-bond acceptors (Lipinski definition) is 2. The van der Waals surface area contributed by atoms with E-state index in [2.05, 4.69) is 48.0 Å². The van der Waals surface area contributed by atoms with Crippen LogP contribution in [-0.4, -0.2) is 13.6 Å². The van der Waals surface area contributed by atoms with E-state index < -0.39 is 0 Å². The molecule has 1 aromatic carbocycles. The van der Waals surface area contributed by atoms with Gasteiger partial charge in [-0.25, -0.2) is 0 Å². The molecule has 1 heterocycles. The van der Waals surface area contributed by atoms with Crippen LogP contribution in [-0.2, 0) is 6.42 Å². The largest absolute Gasteiger partial charge is 0.319 e. The van der Waals surface area contributed by atoms with Crippen LogP contribution in [0.15, 0.2) is 35.7 Å². The molecule has 1 aromatic heterocycles. The van der Waals surface area contributed by atoms with Crippen molar-refractivity contribution in [3.05, 3.63) is 46.8 Å². The third kappa shape index (κ3) is 2.71. The zero-order chi connectivity index (χ0) is 11.4. The van der Waals surface area contributed by atoms with E-state index in [1.54, 1.807) is 0 Å². The lowest BCUT2D eigenvalue weighted by Crippen LogP contribution is -2.09. The normalized spacial score (nSPS) is 10.6. The number of benzene rings is 1. The minimum atomic E-state index is 1.05. The van der Waals surface area contributed by atoms with Gasteiger partial charge in [-0.1, -0.05) is 29.8 Å². The topological polar surface area (TPSA) is 12.0 Å². The summed E-state index contributed by atoms with van der Waals surface area (Å²) in [5, 5.41) is 5.43. The Balaban J connectivity index is 2.15. The molecule has 0 amide bonds. The van der Waals surface area contributed by atoms with Crippen LogP contribution in [0.2, 0.25) is 0 Å². The van der Waals surface area contributed by atoms with Crippen LogP contribution in [0.1, 0.15) is 11.1 Å². The molecule has 0 bridgehead atoms. The van der Waals surface area contributed by atoms with E-state index in [1.165, 1.54) is 21.6 Å². The standard InChI is InChI=1S/C14H17NS/c1-11-3-5-13(6-4-11)14-9-12(10-16-14)7-8-15-2/h3-6,9-10,15H,7-8H2,1-2H3. The van der Waals surface area contributed by atoms with Gasteiger partial charge in [0.15, 0.2) is 0 Å². The molecule has 16 heavy (non-hydrogen) atoms. The quantitative estimate of drug-likeness (QED) is 0.849. The lowest BCUT2D eigenvalue weighted by molar-refractivity contribution is 0.793. The Bertz CT molecular complexity index is 442. The van der Waals surface area contributed by atoms with Crippen LogP contribution in [0.3, 0.4) is 0 Å². The summed E-state index contributed by atoms with van der Waals surface area (Å²) in [5.74, 6) is 0. The second kappa shape index (κ2) is 5.28. The van der Waals surface area contributed by atoms with E-state index in [1.807, 2.05) is 18.4 Å². The molecule has 1 nitrogen and oxygen atoms in total. The van der Waals surface area contributed by atoms with Crippen LogP contribution in [0, 0.1) is 6.92 Å². The van der Waals surface area contributed by atoms with Crippen LogP contribution in [0.25, 0.3) is 10.4 Å². The van der Waals surface area contributed by atoms with Gasteiger partial charge in [0, 0.05) is 4.88 Å². The Kier molecular flexibility index (Phi) is 3.75. The van der Waals surface area contributed by atoms with Gasteiger partial charge in [-0.2, -0.15) is 0 Å². The summed E-state index contributed by atoms with van der Waals surface area (Å²) >= 11 is 1.83. The molecule has 0 saturated carbocycles. The lowest BCUT2D eigenvalue weighted by atomic mass is 10.1. The highest BCUT2D eigenvalue weighted by atomic mass is 32.1. The molecular weight excluding hydrogens is 214 g/mol. The van der Waals surface area contributed by atoms with Crippen molar-refractivity contribution in [2.24, 2.45) is 0 Å². The van der Waals surface area contributed by atoms with Crippen molar-refractivity contribution in [2.45, 2.75) is 13.3 Å². The maximum atomic E-state index is 3.18. The molecule has 2 heteroatoms. The van der Waals surface area contributed by atoms with E-state index in [9.17, 15) is 0 Å². The number of aryl methyl sites for hydroxylation is 1. The summed E-state index contributed by atoms with van der Waals surface area (Å²) in [5.41, 5.74) is 4.07. The van der Waals surface area contributed by atoms with Crippen molar-refractivity contribution in [3.63, 3.8) is 0 Å². The first kappa shape index (κ1) is 11.4. The Morgan fingerprint density at radius 3 is 2.62 bits per heavy atom. The van der Waals surface area contributed by atoms with Crippen molar-refractivity contribution < 1.29 is 0 Å². The van der Waals surface area contributed by atoms with E-state index in [-0.39, 0.29) is 0 Å². The average molecular weight is 231 g/mol. The molecular formula is C14H17NS. The van der Waals surface area contributed by atoms with E-state index in [0.29, 0.717) is 0 Å². The first-order valence-electron chi connectivity index (χ1n) is 5.58. The van der Waals surface area contributed by atoms with Gasteiger partial charge in [-0.15, -0.1) is 11.3 Å².